The molecule has 1 aliphatic rings. The lowest BCUT2D eigenvalue weighted by atomic mass is 10.2. The van der Waals surface area contributed by atoms with E-state index in [0.717, 1.165) is 11.3 Å². The van der Waals surface area contributed by atoms with E-state index in [1.807, 2.05) is 52.8 Å². The first kappa shape index (κ1) is 21.5. The van der Waals surface area contributed by atoms with Gasteiger partial charge in [-0.3, -0.25) is 10.1 Å². The van der Waals surface area contributed by atoms with Gasteiger partial charge in [0, 0.05) is 38.4 Å². The third kappa shape index (κ3) is 4.18. The van der Waals surface area contributed by atoms with Gasteiger partial charge in [-0.1, -0.05) is 24.3 Å². The molecule has 0 amide bonds. The van der Waals surface area contributed by atoms with Gasteiger partial charge in [0.05, 0.1) is 10.6 Å². The maximum atomic E-state index is 14.2. The smallest absolute Gasteiger partial charge is 0.353 e. The number of rotatable bonds is 6. The average molecular weight is 436 g/mol. The summed E-state index contributed by atoms with van der Waals surface area (Å²) in [5.74, 6) is 0.289. The minimum absolute atomic E-state index is 0.116. The Kier molecular flexibility index (Phi) is 6.16. The summed E-state index contributed by atoms with van der Waals surface area (Å²) in [5, 5.41) is 12.1. The molecule has 2 aromatic carbocycles. The van der Waals surface area contributed by atoms with Crippen LogP contribution >= 0.6 is 0 Å². The lowest BCUT2D eigenvalue weighted by Gasteiger charge is -2.36. The Labute approximate surface area is 186 Å². The number of hydrogen-bond acceptors (Lipinski definition) is 7. The molecule has 0 spiro atoms. The Morgan fingerprint density at radius 3 is 2.44 bits per heavy atom. The highest BCUT2D eigenvalue weighted by Crippen LogP contribution is 2.38. The van der Waals surface area contributed by atoms with Gasteiger partial charge in [-0.2, -0.15) is 0 Å². The van der Waals surface area contributed by atoms with Gasteiger partial charge in [0.15, 0.2) is 0 Å². The van der Waals surface area contributed by atoms with E-state index in [-0.39, 0.29) is 17.3 Å². The summed E-state index contributed by atoms with van der Waals surface area (Å²) < 4.78 is 14.2. The topological polar surface area (TPSA) is 78.6 Å². The zero-order valence-corrected chi connectivity index (χ0v) is 18.1. The van der Waals surface area contributed by atoms with Crippen LogP contribution in [0, 0.1) is 22.9 Å². The number of aryl methyl sites for hydroxylation is 1. The first-order valence-electron chi connectivity index (χ1n) is 10.6. The Hall–Kier alpha value is -3.75. The summed E-state index contributed by atoms with van der Waals surface area (Å²) in [5.41, 5.74) is 2.32. The van der Waals surface area contributed by atoms with Gasteiger partial charge in [-0.05, 0) is 43.7 Å². The lowest BCUT2D eigenvalue weighted by Crippen LogP contribution is -2.47. The van der Waals surface area contributed by atoms with Gasteiger partial charge in [0.25, 0.3) is 0 Å². The largest absolute Gasteiger partial charge is 0.366 e. The van der Waals surface area contributed by atoms with Crippen molar-refractivity contribution in [3.05, 3.63) is 76.4 Å². The molecule has 0 atom stereocenters. The molecule has 0 bridgehead atoms. The fraction of sp³-hybridized carbons (Fsp3) is 0.304. The quantitative estimate of drug-likeness (QED) is 0.421. The second-order valence-electron chi connectivity index (χ2n) is 7.64. The summed E-state index contributed by atoms with van der Waals surface area (Å²) in [6.07, 6.45) is 1.37. The van der Waals surface area contributed by atoms with Gasteiger partial charge in [-0.15, -0.1) is 0 Å². The number of benzene rings is 2. The average Bonchev–Trinajstić information content (AvgIpc) is 2.80. The third-order valence-electron chi connectivity index (χ3n) is 5.62. The van der Waals surface area contributed by atoms with Crippen LogP contribution in [0.25, 0.3) is 0 Å². The van der Waals surface area contributed by atoms with E-state index in [1.165, 1.54) is 12.4 Å². The molecular weight excluding hydrogens is 411 g/mol. The minimum atomic E-state index is -0.410. The number of hydrogen-bond donors (Lipinski definition) is 0. The molecule has 1 aliphatic heterocycles. The van der Waals surface area contributed by atoms with Crippen LogP contribution in [0.3, 0.4) is 0 Å². The normalized spacial score (nSPS) is 13.8. The highest BCUT2D eigenvalue weighted by Gasteiger charge is 2.32. The summed E-state index contributed by atoms with van der Waals surface area (Å²) >= 11 is 0. The molecule has 1 aromatic heterocycles. The molecule has 0 N–H and O–H groups in total. The fourth-order valence-corrected chi connectivity index (χ4v) is 4.07. The Balaban J connectivity index is 1.64. The van der Waals surface area contributed by atoms with Crippen molar-refractivity contribution in [2.45, 2.75) is 13.8 Å². The second-order valence-corrected chi connectivity index (χ2v) is 7.64. The van der Waals surface area contributed by atoms with E-state index in [9.17, 15) is 14.5 Å². The Morgan fingerprint density at radius 1 is 1.06 bits per heavy atom. The number of nitrogens with zero attached hydrogens (tertiary/aromatic N) is 6. The molecule has 4 rings (SSSR count). The Morgan fingerprint density at radius 2 is 1.78 bits per heavy atom. The first-order chi connectivity index (χ1) is 15.5. The SMILES string of the molecule is CCN(c1cccc(C)c1)c1ncnc(N2CCN(c3ccccc3F)CC2)c1[N+](=O)[O-]. The molecule has 1 saturated heterocycles. The molecule has 166 valence electrons. The number of anilines is 4. The molecule has 8 nitrogen and oxygen atoms in total. The molecule has 0 unspecified atom stereocenters. The maximum Gasteiger partial charge on any atom is 0.353 e. The van der Waals surface area contributed by atoms with E-state index in [0.29, 0.717) is 44.2 Å². The number of halogens is 1. The zero-order valence-electron chi connectivity index (χ0n) is 18.1. The standard InChI is InChI=1S/C23H25FN6O2/c1-3-29(18-8-6-7-17(2)15-18)23-21(30(31)32)22(25-16-26-23)28-13-11-27(12-14-28)20-10-5-4-9-19(20)24/h4-10,15-16H,3,11-14H2,1-2H3. The van der Waals surface area contributed by atoms with Crippen molar-refractivity contribution in [2.75, 3.05) is 47.4 Å². The van der Waals surface area contributed by atoms with Crippen molar-refractivity contribution in [1.82, 2.24) is 9.97 Å². The van der Waals surface area contributed by atoms with Gasteiger partial charge in [-0.25, -0.2) is 14.4 Å². The van der Waals surface area contributed by atoms with Crippen LogP contribution < -0.4 is 14.7 Å². The molecule has 1 fully saturated rings. The molecule has 32 heavy (non-hydrogen) atoms. The fourth-order valence-electron chi connectivity index (χ4n) is 4.07. The predicted octanol–water partition coefficient (Wildman–Crippen LogP) is 4.32. The van der Waals surface area contributed by atoms with Gasteiger partial charge in [0.2, 0.25) is 11.6 Å². The number of nitro groups is 1. The highest BCUT2D eigenvalue weighted by molar-refractivity contribution is 5.76. The predicted molar refractivity (Wildman–Crippen MR) is 123 cm³/mol. The van der Waals surface area contributed by atoms with Crippen LogP contribution in [0.5, 0.6) is 0 Å². The second kappa shape index (κ2) is 9.17. The van der Waals surface area contributed by atoms with Gasteiger partial charge < -0.3 is 14.7 Å². The summed E-state index contributed by atoms with van der Waals surface area (Å²) in [6.45, 7) is 6.47. The molecular formula is C23H25FN6O2. The van der Waals surface area contributed by atoms with Crippen LogP contribution in [0.2, 0.25) is 0 Å². The van der Waals surface area contributed by atoms with Crippen LogP contribution in [-0.4, -0.2) is 47.6 Å². The summed E-state index contributed by atoms with van der Waals surface area (Å²) in [6, 6.07) is 14.4. The molecule has 0 aliphatic carbocycles. The van der Waals surface area contributed by atoms with Crippen molar-refractivity contribution in [3.63, 3.8) is 0 Å². The van der Waals surface area contributed by atoms with Crippen LogP contribution in [-0.2, 0) is 0 Å². The summed E-state index contributed by atoms with van der Waals surface area (Å²) in [7, 11) is 0. The molecule has 3 aromatic rings. The summed E-state index contributed by atoms with van der Waals surface area (Å²) in [4.78, 5) is 26.0. The van der Waals surface area contributed by atoms with Gasteiger partial charge >= 0.3 is 5.69 Å². The molecule has 9 heteroatoms. The van der Waals surface area contributed by atoms with E-state index < -0.39 is 4.92 Å². The van der Waals surface area contributed by atoms with Gasteiger partial charge in [0.1, 0.15) is 12.1 Å². The third-order valence-corrected chi connectivity index (χ3v) is 5.62. The van der Waals surface area contributed by atoms with Crippen molar-refractivity contribution in [2.24, 2.45) is 0 Å². The molecule has 0 saturated carbocycles. The van der Waals surface area contributed by atoms with Crippen molar-refractivity contribution >= 4 is 28.7 Å². The zero-order chi connectivity index (χ0) is 22.7. The van der Waals surface area contributed by atoms with Crippen molar-refractivity contribution < 1.29 is 9.31 Å². The number of aromatic nitrogens is 2. The molecule has 0 radical (unpaired) electrons. The van der Waals surface area contributed by atoms with Crippen LogP contribution in [0.4, 0.5) is 33.1 Å². The van der Waals surface area contributed by atoms with E-state index in [4.69, 9.17) is 0 Å². The van der Waals surface area contributed by atoms with E-state index >= 15 is 0 Å². The van der Waals surface area contributed by atoms with Crippen LogP contribution in [0.15, 0.2) is 54.9 Å². The first-order valence-corrected chi connectivity index (χ1v) is 10.6. The minimum Gasteiger partial charge on any atom is -0.366 e. The monoisotopic (exact) mass is 436 g/mol. The lowest BCUT2D eigenvalue weighted by molar-refractivity contribution is -0.383. The van der Waals surface area contributed by atoms with Crippen molar-refractivity contribution in [1.29, 1.82) is 0 Å². The van der Waals surface area contributed by atoms with Crippen LogP contribution in [0.1, 0.15) is 12.5 Å². The van der Waals surface area contributed by atoms with E-state index in [1.54, 1.807) is 18.2 Å². The van der Waals surface area contributed by atoms with E-state index in [2.05, 4.69) is 9.97 Å². The van der Waals surface area contributed by atoms with Crippen molar-refractivity contribution in [3.8, 4) is 0 Å². The maximum absolute atomic E-state index is 14.2. The number of piperazine rings is 1. The highest BCUT2D eigenvalue weighted by atomic mass is 19.1. The Bertz CT molecular complexity index is 1120. The molecule has 2 heterocycles. The number of para-hydroxylation sites is 1.